The van der Waals surface area contributed by atoms with Gasteiger partial charge in [0.1, 0.15) is 0 Å². The van der Waals surface area contributed by atoms with Gasteiger partial charge in [0.05, 0.1) is 0 Å². The molecular weight excluding hydrogens is 172 g/mol. The highest BCUT2D eigenvalue weighted by atomic mass is 15.2. The molecule has 0 bridgehead atoms. The molecule has 1 fully saturated rings. The summed E-state index contributed by atoms with van der Waals surface area (Å²) in [4.78, 5) is 0. The van der Waals surface area contributed by atoms with Crippen LogP contribution in [0.25, 0.3) is 0 Å². The average molecular weight is 198 g/mol. The second-order valence-corrected chi connectivity index (χ2v) is 4.67. The van der Waals surface area contributed by atoms with Gasteiger partial charge in [0.2, 0.25) is 0 Å². The third-order valence-electron chi connectivity index (χ3n) is 3.55. The largest absolute Gasteiger partial charge is 0.271 e. The van der Waals surface area contributed by atoms with Gasteiger partial charge in [0.15, 0.2) is 0 Å². The first-order chi connectivity index (χ1) is 6.88. The molecule has 14 heavy (non-hydrogen) atoms. The van der Waals surface area contributed by atoms with Gasteiger partial charge in [-0.3, -0.25) is 11.3 Å². The summed E-state index contributed by atoms with van der Waals surface area (Å²) in [5.41, 5.74) is 2.97. The van der Waals surface area contributed by atoms with Gasteiger partial charge < -0.3 is 0 Å². The summed E-state index contributed by atoms with van der Waals surface area (Å²) >= 11 is 0. The maximum Gasteiger partial charge on any atom is 0.0238 e. The quantitative estimate of drug-likeness (QED) is 0.375. The van der Waals surface area contributed by atoms with E-state index in [9.17, 15) is 0 Å². The summed E-state index contributed by atoms with van der Waals surface area (Å²) in [5.74, 6) is 6.39. The molecule has 1 rings (SSSR count). The van der Waals surface area contributed by atoms with E-state index in [-0.39, 0.29) is 0 Å². The van der Waals surface area contributed by atoms with Gasteiger partial charge in [-0.15, -0.1) is 0 Å². The Morgan fingerprint density at radius 1 is 1.14 bits per heavy atom. The average Bonchev–Trinajstić information content (AvgIpc) is 2.65. The van der Waals surface area contributed by atoms with Crippen molar-refractivity contribution in [2.24, 2.45) is 11.8 Å². The van der Waals surface area contributed by atoms with Crippen molar-refractivity contribution in [3.05, 3.63) is 0 Å². The highest BCUT2D eigenvalue weighted by Gasteiger charge is 2.25. The fourth-order valence-electron chi connectivity index (χ4n) is 2.61. The number of hydrogen-bond donors (Lipinski definition) is 2. The van der Waals surface area contributed by atoms with Crippen LogP contribution < -0.4 is 11.3 Å². The molecule has 1 aliphatic carbocycles. The Labute approximate surface area is 88.6 Å². The van der Waals surface area contributed by atoms with Gasteiger partial charge in [-0.2, -0.15) is 0 Å². The zero-order valence-electron chi connectivity index (χ0n) is 9.60. The normalized spacial score (nSPS) is 27.0. The Balaban J connectivity index is 2.00. The zero-order valence-corrected chi connectivity index (χ0v) is 9.60. The minimum atomic E-state index is 0.612. The summed E-state index contributed by atoms with van der Waals surface area (Å²) < 4.78 is 0. The second-order valence-electron chi connectivity index (χ2n) is 4.67. The maximum absolute atomic E-state index is 5.53. The number of nitrogens with one attached hydrogen (secondary N) is 1. The molecule has 0 saturated heterocycles. The summed E-state index contributed by atoms with van der Waals surface area (Å²) in [6.07, 6.45) is 12.4. The van der Waals surface area contributed by atoms with Crippen molar-refractivity contribution in [1.29, 1.82) is 0 Å². The summed E-state index contributed by atoms with van der Waals surface area (Å²) in [7, 11) is 0. The molecule has 0 aromatic carbocycles. The van der Waals surface area contributed by atoms with E-state index in [0.29, 0.717) is 6.04 Å². The number of hydrazine groups is 1. The molecule has 1 aliphatic rings. The fraction of sp³-hybridized carbons (Fsp3) is 1.00. The van der Waals surface area contributed by atoms with E-state index in [1.54, 1.807) is 0 Å². The van der Waals surface area contributed by atoms with Crippen molar-refractivity contribution < 1.29 is 0 Å². The molecule has 1 saturated carbocycles. The topological polar surface area (TPSA) is 38.0 Å². The molecule has 84 valence electrons. The van der Waals surface area contributed by atoms with Crippen LogP contribution >= 0.6 is 0 Å². The van der Waals surface area contributed by atoms with E-state index >= 15 is 0 Å². The third kappa shape index (κ3) is 3.97. The molecule has 0 aromatic rings. The molecule has 0 amide bonds. The van der Waals surface area contributed by atoms with Crippen molar-refractivity contribution in [3.8, 4) is 0 Å². The lowest BCUT2D eigenvalue weighted by Crippen LogP contribution is -2.37. The molecule has 0 unspecified atom stereocenters. The van der Waals surface area contributed by atoms with E-state index in [0.717, 1.165) is 5.92 Å². The molecule has 2 nitrogen and oxygen atoms in total. The van der Waals surface area contributed by atoms with Gasteiger partial charge in [-0.1, -0.05) is 45.4 Å². The fourth-order valence-corrected chi connectivity index (χ4v) is 2.61. The lowest BCUT2D eigenvalue weighted by Gasteiger charge is -2.18. The molecule has 0 radical (unpaired) electrons. The lowest BCUT2D eigenvalue weighted by molar-refractivity contribution is 0.370. The van der Waals surface area contributed by atoms with Crippen LogP contribution in [0.2, 0.25) is 0 Å². The molecule has 3 N–H and O–H groups in total. The van der Waals surface area contributed by atoms with E-state index < -0.39 is 0 Å². The Hall–Kier alpha value is -0.0800. The predicted octanol–water partition coefficient (Wildman–Crippen LogP) is 2.98. The Kier molecular flexibility index (Phi) is 6.20. The minimum Gasteiger partial charge on any atom is -0.271 e. The number of rotatable bonds is 7. The van der Waals surface area contributed by atoms with Crippen LogP contribution in [0.5, 0.6) is 0 Å². The van der Waals surface area contributed by atoms with E-state index in [2.05, 4.69) is 12.3 Å². The molecule has 0 aromatic heterocycles. The lowest BCUT2D eigenvalue weighted by atomic mass is 9.96. The third-order valence-corrected chi connectivity index (χ3v) is 3.55. The smallest absolute Gasteiger partial charge is 0.0238 e. The van der Waals surface area contributed by atoms with Crippen molar-refractivity contribution in [2.45, 2.75) is 70.8 Å². The monoisotopic (exact) mass is 198 g/mol. The van der Waals surface area contributed by atoms with Gasteiger partial charge in [-0.05, 0) is 25.2 Å². The van der Waals surface area contributed by atoms with Gasteiger partial charge in [0.25, 0.3) is 0 Å². The van der Waals surface area contributed by atoms with Crippen molar-refractivity contribution in [1.82, 2.24) is 5.43 Å². The van der Waals surface area contributed by atoms with Crippen LogP contribution in [0.4, 0.5) is 0 Å². The molecular formula is C12H26N2. The van der Waals surface area contributed by atoms with Crippen LogP contribution in [0, 0.1) is 5.92 Å². The van der Waals surface area contributed by atoms with E-state index in [1.807, 2.05) is 0 Å². The van der Waals surface area contributed by atoms with Gasteiger partial charge >= 0.3 is 0 Å². The van der Waals surface area contributed by atoms with Crippen LogP contribution in [-0.2, 0) is 0 Å². The maximum atomic E-state index is 5.53. The van der Waals surface area contributed by atoms with Crippen molar-refractivity contribution in [2.75, 3.05) is 0 Å². The van der Waals surface area contributed by atoms with Crippen LogP contribution in [0.3, 0.4) is 0 Å². The number of unbranched alkanes of at least 4 members (excludes halogenated alkanes) is 4. The molecule has 0 spiro atoms. The second kappa shape index (κ2) is 7.24. The molecule has 0 heterocycles. The highest BCUT2D eigenvalue weighted by molar-refractivity contribution is 4.81. The van der Waals surface area contributed by atoms with E-state index in [1.165, 1.54) is 57.8 Å². The first-order valence-corrected chi connectivity index (χ1v) is 6.34. The van der Waals surface area contributed by atoms with E-state index in [4.69, 9.17) is 5.84 Å². The first kappa shape index (κ1) is 12.0. The number of hydrogen-bond acceptors (Lipinski definition) is 2. The summed E-state index contributed by atoms with van der Waals surface area (Å²) in [5, 5.41) is 0. The van der Waals surface area contributed by atoms with Crippen LogP contribution in [0.15, 0.2) is 0 Å². The molecule has 2 atom stereocenters. The van der Waals surface area contributed by atoms with Gasteiger partial charge in [-0.25, -0.2) is 0 Å². The molecule has 0 aliphatic heterocycles. The van der Waals surface area contributed by atoms with Crippen molar-refractivity contribution >= 4 is 0 Å². The van der Waals surface area contributed by atoms with Gasteiger partial charge in [0, 0.05) is 6.04 Å². The summed E-state index contributed by atoms with van der Waals surface area (Å²) in [6, 6.07) is 0.612. The van der Waals surface area contributed by atoms with Crippen molar-refractivity contribution in [3.63, 3.8) is 0 Å². The Morgan fingerprint density at radius 2 is 1.93 bits per heavy atom. The zero-order chi connectivity index (χ0) is 10.2. The minimum absolute atomic E-state index is 0.612. The predicted molar refractivity (Wildman–Crippen MR) is 61.8 cm³/mol. The van der Waals surface area contributed by atoms with Crippen LogP contribution in [-0.4, -0.2) is 6.04 Å². The standard InChI is InChI=1S/C12H26N2/c1-2-3-4-5-6-8-11-9-7-10-12(11)14-13/h11-12,14H,2-10,13H2,1H3/t11-,12+/m1/s1. The molecule has 2 heteroatoms. The number of nitrogens with two attached hydrogens (primary N) is 1. The first-order valence-electron chi connectivity index (χ1n) is 6.34. The van der Waals surface area contributed by atoms with Crippen LogP contribution in [0.1, 0.15) is 64.7 Å². The Bertz CT molecular complexity index is 136. The summed E-state index contributed by atoms with van der Waals surface area (Å²) in [6.45, 7) is 2.27. The SMILES string of the molecule is CCCCCCC[C@@H]1CCC[C@@H]1NN. The Morgan fingerprint density at radius 3 is 2.64 bits per heavy atom. The highest BCUT2D eigenvalue weighted by Crippen LogP contribution is 2.29.